The summed E-state index contributed by atoms with van der Waals surface area (Å²) in [5.74, 6) is 0.548. The van der Waals surface area contributed by atoms with Crippen LogP contribution >= 0.6 is 0 Å². The summed E-state index contributed by atoms with van der Waals surface area (Å²) in [6, 6.07) is 0.235. The molecule has 2 unspecified atom stereocenters. The Morgan fingerprint density at radius 3 is 2.46 bits per heavy atom. The molecule has 0 spiro atoms. The molecule has 0 aromatic heterocycles. The van der Waals surface area contributed by atoms with Gasteiger partial charge in [0.15, 0.2) is 0 Å². The highest BCUT2D eigenvalue weighted by atomic mass is 16.2. The van der Waals surface area contributed by atoms with Crippen LogP contribution in [0.1, 0.15) is 40.0 Å². The third-order valence-electron chi connectivity index (χ3n) is 3.10. The fraction of sp³-hybridized carbons (Fsp3) is 0.900. The molecule has 3 N–H and O–H groups in total. The van der Waals surface area contributed by atoms with Gasteiger partial charge in [0, 0.05) is 6.04 Å². The topological polar surface area (TPSA) is 55.1 Å². The second-order valence-corrected chi connectivity index (χ2v) is 4.30. The van der Waals surface area contributed by atoms with Crippen LogP contribution in [-0.4, -0.2) is 17.5 Å². The molecule has 1 aliphatic rings. The first-order valence-corrected chi connectivity index (χ1v) is 5.09. The van der Waals surface area contributed by atoms with Crippen molar-refractivity contribution in [2.45, 2.75) is 51.6 Å². The van der Waals surface area contributed by atoms with E-state index >= 15 is 0 Å². The minimum atomic E-state index is -0.526. The van der Waals surface area contributed by atoms with Crippen molar-refractivity contribution >= 4 is 5.91 Å². The standard InChI is InChI=1S/C10H20N2O/c1-4-7(2)8(3)12-9(13)10(11)5-6-10/h7-8H,4-6,11H2,1-3H3,(H,12,13). The second-order valence-electron chi connectivity index (χ2n) is 4.30. The zero-order chi connectivity index (χ0) is 10.1. The lowest BCUT2D eigenvalue weighted by molar-refractivity contribution is -0.124. The molecule has 76 valence electrons. The van der Waals surface area contributed by atoms with E-state index in [2.05, 4.69) is 19.2 Å². The molecule has 0 bridgehead atoms. The van der Waals surface area contributed by atoms with Crippen LogP contribution in [0, 0.1) is 5.92 Å². The lowest BCUT2D eigenvalue weighted by atomic mass is 10.0. The Morgan fingerprint density at radius 1 is 1.54 bits per heavy atom. The maximum absolute atomic E-state index is 11.5. The third kappa shape index (κ3) is 2.44. The summed E-state index contributed by atoms with van der Waals surface area (Å²) in [5, 5.41) is 2.97. The van der Waals surface area contributed by atoms with E-state index in [1.807, 2.05) is 6.92 Å². The number of carbonyl (C=O) groups excluding carboxylic acids is 1. The highest BCUT2D eigenvalue weighted by molar-refractivity contribution is 5.89. The highest BCUT2D eigenvalue weighted by Gasteiger charge is 2.46. The van der Waals surface area contributed by atoms with Crippen LogP contribution in [0.5, 0.6) is 0 Å². The number of nitrogens with two attached hydrogens (primary N) is 1. The number of amides is 1. The average molecular weight is 184 g/mol. The number of hydrogen-bond acceptors (Lipinski definition) is 2. The van der Waals surface area contributed by atoms with E-state index in [1.54, 1.807) is 0 Å². The molecule has 1 fully saturated rings. The van der Waals surface area contributed by atoms with Gasteiger partial charge in [0.2, 0.25) is 5.91 Å². The highest BCUT2D eigenvalue weighted by Crippen LogP contribution is 2.32. The molecule has 1 amide bonds. The van der Waals surface area contributed by atoms with E-state index in [-0.39, 0.29) is 11.9 Å². The van der Waals surface area contributed by atoms with Gasteiger partial charge >= 0.3 is 0 Å². The van der Waals surface area contributed by atoms with Gasteiger partial charge in [0.25, 0.3) is 0 Å². The first-order valence-electron chi connectivity index (χ1n) is 5.09. The minimum Gasteiger partial charge on any atom is -0.352 e. The summed E-state index contributed by atoms with van der Waals surface area (Å²) in [6.45, 7) is 6.31. The normalized spacial score (nSPS) is 23.4. The second kappa shape index (κ2) is 3.66. The van der Waals surface area contributed by atoms with Gasteiger partial charge in [0.1, 0.15) is 0 Å². The molecular weight excluding hydrogens is 164 g/mol. The van der Waals surface area contributed by atoms with Crippen molar-refractivity contribution in [2.24, 2.45) is 11.7 Å². The van der Waals surface area contributed by atoms with Crippen molar-refractivity contribution in [3.05, 3.63) is 0 Å². The Labute approximate surface area is 80.1 Å². The van der Waals surface area contributed by atoms with Crippen molar-refractivity contribution in [1.82, 2.24) is 5.32 Å². The Morgan fingerprint density at radius 2 is 2.08 bits per heavy atom. The summed E-state index contributed by atoms with van der Waals surface area (Å²) in [4.78, 5) is 11.5. The fourth-order valence-corrected chi connectivity index (χ4v) is 1.21. The van der Waals surface area contributed by atoms with Gasteiger partial charge in [-0.25, -0.2) is 0 Å². The van der Waals surface area contributed by atoms with E-state index in [9.17, 15) is 4.79 Å². The molecule has 1 aliphatic carbocycles. The van der Waals surface area contributed by atoms with Crippen molar-refractivity contribution in [3.63, 3.8) is 0 Å². The van der Waals surface area contributed by atoms with Gasteiger partial charge in [0.05, 0.1) is 5.54 Å². The van der Waals surface area contributed by atoms with Gasteiger partial charge < -0.3 is 11.1 Å². The maximum atomic E-state index is 11.5. The minimum absolute atomic E-state index is 0.0281. The lowest BCUT2D eigenvalue weighted by Gasteiger charge is -2.21. The summed E-state index contributed by atoms with van der Waals surface area (Å²) < 4.78 is 0. The van der Waals surface area contributed by atoms with Crippen LogP contribution in [0.15, 0.2) is 0 Å². The molecule has 0 heterocycles. The summed E-state index contributed by atoms with van der Waals surface area (Å²) in [5.41, 5.74) is 5.24. The maximum Gasteiger partial charge on any atom is 0.240 e. The smallest absolute Gasteiger partial charge is 0.240 e. The molecule has 3 heteroatoms. The largest absolute Gasteiger partial charge is 0.352 e. The zero-order valence-electron chi connectivity index (χ0n) is 8.76. The van der Waals surface area contributed by atoms with Gasteiger partial charge in [-0.2, -0.15) is 0 Å². The molecule has 0 aliphatic heterocycles. The van der Waals surface area contributed by atoms with Gasteiger partial charge in [-0.15, -0.1) is 0 Å². The summed E-state index contributed by atoms with van der Waals surface area (Å²) in [6.07, 6.45) is 2.76. The monoisotopic (exact) mass is 184 g/mol. The Balaban J connectivity index is 2.35. The van der Waals surface area contributed by atoms with E-state index < -0.39 is 5.54 Å². The van der Waals surface area contributed by atoms with Crippen LogP contribution in [0.2, 0.25) is 0 Å². The van der Waals surface area contributed by atoms with Gasteiger partial charge in [-0.3, -0.25) is 4.79 Å². The number of hydrogen-bond donors (Lipinski definition) is 2. The van der Waals surface area contributed by atoms with E-state index in [0.29, 0.717) is 5.92 Å². The molecule has 0 aromatic rings. The Bertz CT molecular complexity index is 199. The first-order chi connectivity index (χ1) is 5.99. The quantitative estimate of drug-likeness (QED) is 0.685. The van der Waals surface area contributed by atoms with Crippen LogP contribution in [0.4, 0.5) is 0 Å². The SMILES string of the molecule is CCC(C)C(C)NC(=O)C1(N)CC1. The summed E-state index contributed by atoms with van der Waals surface area (Å²) in [7, 11) is 0. The molecule has 1 saturated carbocycles. The Hall–Kier alpha value is -0.570. The number of rotatable bonds is 4. The van der Waals surface area contributed by atoms with Crippen LogP contribution in [-0.2, 0) is 4.79 Å². The predicted molar refractivity (Wildman–Crippen MR) is 53.2 cm³/mol. The average Bonchev–Trinajstić information content (AvgIpc) is 2.83. The molecule has 0 radical (unpaired) electrons. The fourth-order valence-electron chi connectivity index (χ4n) is 1.21. The van der Waals surface area contributed by atoms with Crippen molar-refractivity contribution in [3.8, 4) is 0 Å². The third-order valence-corrected chi connectivity index (χ3v) is 3.10. The lowest BCUT2D eigenvalue weighted by Crippen LogP contribution is -2.47. The van der Waals surface area contributed by atoms with E-state index in [4.69, 9.17) is 5.73 Å². The summed E-state index contributed by atoms with van der Waals surface area (Å²) >= 11 is 0. The molecule has 3 nitrogen and oxygen atoms in total. The van der Waals surface area contributed by atoms with Crippen LogP contribution in [0.25, 0.3) is 0 Å². The van der Waals surface area contributed by atoms with Crippen molar-refractivity contribution in [1.29, 1.82) is 0 Å². The molecular formula is C10H20N2O. The van der Waals surface area contributed by atoms with Gasteiger partial charge in [-0.05, 0) is 25.7 Å². The van der Waals surface area contributed by atoms with E-state index in [0.717, 1.165) is 19.3 Å². The molecule has 1 rings (SSSR count). The molecule has 0 saturated heterocycles. The van der Waals surface area contributed by atoms with Crippen LogP contribution in [0.3, 0.4) is 0 Å². The van der Waals surface area contributed by atoms with Crippen LogP contribution < -0.4 is 11.1 Å². The molecule has 13 heavy (non-hydrogen) atoms. The van der Waals surface area contributed by atoms with Crippen molar-refractivity contribution in [2.75, 3.05) is 0 Å². The van der Waals surface area contributed by atoms with E-state index in [1.165, 1.54) is 0 Å². The Kier molecular flexibility index (Phi) is 2.96. The first kappa shape index (κ1) is 10.5. The van der Waals surface area contributed by atoms with Crippen molar-refractivity contribution < 1.29 is 4.79 Å². The molecule has 2 atom stereocenters. The zero-order valence-corrected chi connectivity index (χ0v) is 8.76. The molecule has 0 aromatic carbocycles. The number of nitrogens with one attached hydrogen (secondary N) is 1. The van der Waals surface area contributed by atoms with Gasteiger partial charge in [-0.1, -0.05) is 20.3 Å². The number of carbonyl (C=O) groups is 1. The predicted octanol–water partition coefficient (Wildman–Crippen LogP) is 1.03.